The number of rotatable bonds is 3. The lowest BCUT2D eigenvalue weighted by Gasteiger charge is -2.19. The molecule has 0 saturated heterocycles. The van der Waals surface area contributed by atoms with Crippen LogP contribution in [0.3, 0.4) is 0 Å². The molecule has 2 nitrogen and oxygen atoms in total. The van der Waals surface area contributed by atoms with E-state index in [1.807, 2.05) is 37.3 Å². The van der Waals surface area contributed by atoms with Crippen molar-refractivity contribution in [2.75, 3.05) is 0 Å². The molecule has 0 spiro atoms. The molecule has 0 aliphatic carbocycles. The van der Waals surface area contributed by atoms with Crippen LogP contribution in [-0.2, 0) is 0 Å². The van der Waals surface area contributed by atoms with Crippen molar-refractivity contribution in [2.45, 2.75) is 43.6 Å². The molecule has 0 unspecified atom stereocenters. The van der Waals surface area contributed by atoms with E-state index in [0.29, 0.717) is 0 Å². The average molecular weight is 287 g/mol. The van der Waals surface area contributed by atoms with E-state index in [4.69, 9.17) is 0 Å². The number of pyridine rings is 1. The molecule has 0 radical (unpaired) electrons. The molecule has 0 aliphatic rings. The Kier molecular flexibility index (Phi) is 4.51. The number of hydrogen-bond acceptors (Lipinski definition) is 3. The molecule has 2 aromatic rings. The minimum atomic E-state index is -0.614. The molecular formula is C17H21NOS. The maximum Gasteiger partial charge on any atom is 0.106 e. The lowest BCUT2D eigenvalue weighted by atomic mass is 10.00. The SMILES string of the molecule is Cc1cc(SC(C)(C)C)ncc1[C@H](O)c1ccccc1. The minimum absolute atomic E-state index is 0.138. The highest BCUT2D eigenvalue weighted by Gasteiger charge is 2.17. The van der Waals surface area contributed by atoms with Crippen LogP contribution < -0.4 is 0 Å². The molecular weight excluding hydrogens is 266 g/mol. The number of aryl methyl sites for hydroxylation is 1. The van der Waals surface area contributed by atoms with Crippen LogP contribution in [0.2, 0.25) is 0 Å². The molecule has 0 amide bonds. The van der Waals surface area contributed by atoms with Gasteiger partial charge in [-0.25, -0.2) is 4.98 Å². The summed E-state index contributed by atoms with van der Waals surface area (Å²) in [5.41, 5.74) is 2.84. The molecule has 0 aliphatic heterocycles. The Morgan fingerprint density at radius 3 is 2.35 bits per heavy atom. The molecule has 0 bridgehead atoms. The summed E-state index contributed by atoms with van der Waals surface area (Å²) in [5, 5.41) is 11.4. The Morgan fingerprint density at radius 2 is 1.80 bits per heavy atom. The number of nitrogens with zero attached hydrogens (tertiary/aromatic N) is 1. The van der Waals surface area contributed by atoms with Gasteiger partial charge >= 0.3 is 0 Å². The fourth-order valence-electron chi connectivity index (χ4n) is 2.01. The van der Waals surface area contributed by atoms with Gasteiger partial charge in [0, 0.05) is 16.5 Å². The van der Waals surface area contributed by atoms with E-state index >= 15 is 0 Å². The van der Waals surface area contributed by atoms with Gasteiger partial charge in [0.15, 0.2) is 0 Å². The summed E-state index contributed by atoms with van der Waals surface area (Å²) in [6.07, 6.45) is 1.18. The number of hydrogen-bond donors (Lipinski definition) is 1. The molecule has 20 heavy (non-hydrogen) atoms. The first kappa shape index (κ1) is 15.1. The molecule has 3 heteroatoms. The van der Waals surface area contributed by atoms with E-state index in [0.717, 1.165) is 21.7 Å². The highest BCUT2D eigenvalue weighted by Crippen LogP contribution is 2.32. The highest BCUT2D eigenvalue weighted by atomic mass is 32.2. The van der Waals surface area contributed by atoms with Crippen molar-refractivity contribution < 1.29 is 5.11 Å². The molecule has 106 valence electrons. The first-order valence-corrected chi connectivity index (χ1v) is 7.57. The summed E-state index contributed by atoms with van der Waals surface area (Å²) in [6.45, 7) is 8.53. The maximum atomic E-state index is 10.4. The van der Waals surface area contributed by atoms with Crippen molar-refractivity contribution in [1.29, 1.82) is 0 Å². The smallest absolute Gasteiger partial charge is 0.106 e. The predicted molar refractivity (Wildman–Crippen MR) is 85.1 cm³/mol. The van der Waals surface area contributed by atoms with Gasteiger partial charge in [-0.2, -0.15) is 0 Å². The molecule has 1 heterocycles. The van der Waals surface area contributed by atoms with Gasteiger partial charge in [0.1, 0.15) is 6.10 Å². The van der Waals surface area contributed by atoms with Crippen LogP contribution in [0.1, 0.15) is 43.6 Å². The molecule has 0 saturated carbocycles. The number of aliphatic hydroxyl groups excluding tert-OH is 1. The third-order valence-corrected chi connectivity index (χ3v) is 3.99. The first-order valence-electron chi connectivity index (χ1n) is 6.75. The summed E-state index contributed by atoms with van der Waals surface area (Å²) in [6, 6.07) is 11.7. The van der Waals surface area contributed by atoms with Gasteiger partial charge in [0.2, 0.25) is 0 Å². The van der Waals surface area contributed by atoms with Crippen molar-refractivity contribution >= 4 is 11.8 Å². The lowest BCUT2D eigenvalue weighted by molar-refractivity contribution is 0.219. The number of aromatic nitrogens is 1. The van der Waals surface area contributed by atoms with Crippen molar-refractivity contribution in [3.05, 3.63) is 59.3 Å². The average Bonchev–Trinajstić information content (AvgIpc) is 2.37. The molecule has 0 fully saturated rings. The molecule has 1 aromatic heterocycles. The zero-order chi connectivity index (χ0) is 14.8. The predicted octanol–water partition coefficient (Wildman–Crippen LogP) is 4.36. The zero-order valence-electron chi connectivity index (χ0n) is 12.4. The highest BCUT2D eigenvalue weighted by molar-refractivity contribution is 8.00. The summed E-state index contributed by atoms with van der Waals surface area (Å²) < 4.78 is 0.138. The Morgan fingerprint density at radius 1 is 1.15 bits per heavy atom. The Bertz CT molecular complexity index is 575. The van der Waals surface area contributed by atoms with E-state index < -0.39 is 6.10 Å². The Labute approximate surface area is 125 Å². The number of benzene rings is 1. The molecule has 1 N–H and O–H groups in total. The van der Waals surface area contributed by atoms with Crippen LogP contribution in [0.4, 0.5) is 0 Å². The quantitative estimate of drug-likeness (QED) is 0.851. The number of thioether (sulfide) groups is 1. The number of aliphatic hydroxyl groups is 1. The van der Waals surface area contributed by atoms with Gasteiger partial charge in [-0.15, -0.1) is 11.8 Å². The van der Waals surface area contributed by atoms with E-state index in [9.17, 15) is 5.11 Å². The maximum absolute atomic E-state index is 10.4. The zero-order valence-corrected chi connectivity index (χ0v) is 13.2. The normalized spacial score (nSPS) is 13.2. The fraction of sp³-hybridized carbons (Fsp3) is 0.353. The van der Waals surface area contributed by atoms with Gasteiger partial charge in [0.25, 0.3) is 0 Å². The minimum Gasteiger partial charge on any atom is -0.384 e. The van der Waals surface area contributed by atoms with Gasteiger partial charge < -0.3 is 5.11 Å². The largest absolute Gasteiger partial charge is 0.384 e. The van der Waals surface area contributed by atoms with Crippen LogP contribution >= 0.6 is 11.8 Å². The van der Waals surface area contributed by atoms with Crippen LogP contribution in [0.15, 0.2) is 47.6 Å². The Hall–Kier alpha value is -1.32. The third kappa shape index (κ3) is 3.84. The topological polar surface area (TPSA) is 33.1 Å². The summed E-state index contributed by atoms with van der Waals surface area (Å²) in [7, 11) is 0. The van der Waals surface area contributed by atoms with Crippen LogP contribution in [0, 0.1) is 6.92 Å². The van der Waals surface area contributed by atoms with Gasteiger partial charge in [-0.05, 0) is 24.1 Å². The molecule has 1 aromatic carbocycles. The van der Waals surface area contributed by atoms with Crippen molar-refractivity contribution in [2.24, 2.45) is 0 Å². The second kappa shape index (κ2) is 5.98. The summed E-state index contributed by atoms with van der Waals surface area (Å²) in [4.78, 5) is 4.47. The fourth-order valence-corrected chi connectivity index (χ4v) is 2.98. The van der Waals surface area contributed by atoms with Crippen LogP contribution in [-0.4, -0.2) is 14.8 Å². The first-order chi connectivity index (χ1) is 9.37. The van der Waals surface area contributed by atoms with E-state index in [1.54, 1.807) is 18.0 Å². The lowest BCUT2D eigenvalue weighted by Crippen LogP contribution is -2.08. The van der Waals surface area contributed by atoms with Crippen LogP contribution in [0.25, 0.3) is 0 Å². The van der Waals surface area contributed by atoms with Crippen molar-refractivity contribution in [3.63, 3.8) is 0 Å². The molecule has 2 rings (SSSR count). The summed E-state index contributed by atoms with van der Waals surface area (Å²) >= 11 is 1.74. The Balaban J connectivity index is 2.26. The van der Waals surface area contributed by atoms with Gasteiger partial charge in [0.05, 0.1) is 5.03 Å². The monoisotopic (exact) mass is 287 g/mol. The van der Waals surface area contributed by atoms with Crippen molar-refractivity contribution in [3.8, 4) is 0 Å². The van der Waals surface area contributed by atoms with E-state index in [2.05, 4.69) is 31.8 Å². The summed E-state index contributed by atoms with van der Waals surface area (Å²) in [5.74, 6) is 0. The van der Waals surface area contributed by atoms with Gasteiger partial charge in [-0.1, -0.05) is 51.1 Å². The third-order valence-electron chi connectivity index (χ3n) is 2.95. The second-order valence-electron chi connectivity index (χ2n) is 5.91. The standard InChI is InChI=1S/C17H21NOS/c1-12-10-15(20-17(2,3)4)18-11-14(12)16(19)13-8-6-5-7-9-13/h5-11,16,19H,1-4H3/t16-/m1/s1. The van der Waals surface area contributed by atoms with E-state index in [-0.39, 0.29) is 4.75 Å². The van der Waals surface area contributed by atoms with Gasteiger partial charge in [-0.3, -0.25) is 0 Å². The van der Waals surface area contributed by atoms with E-state index in [1.165, 1.54) is 0 Å². The van der Waals surface area contributed by atoms with Crippen molar-refractivity contribution in [1.82, 2.24) is 4.98 Å². The molecule has 1 atom stereocenters. The second-order valence-corrected chi connectivity index (χ2v) is 7.75. The van der Waals surface area contributed by atoms with Crippen LogP contribution in [0.5, 0.6) is 0 Å².